The summed E-state index contributed by atoms with van der Waals surface area (Å²) in [5.74, 6) is -0.152. The largest absolute Gasteiger partial charge is 0.494 e. The molecule has 3 aromatic rings. The average molecular weight is 479 g/mol. The molecule has 0 atom stereocenters. The Morgan fingerprint density at radius 2 is 2.03 bits per heavy atom. The van der Waals surface area contributed by atoms with Gasteiger partial charge in [0.25, 0.3) is 5.91 Å². The van der Waals surface area contributed by atoms with E-state index in [4.69, 9.17) is 9.47 Å². The molecule has 4 rings (SSSR count). The van der Waals surface area contributed by atoms with Crippen LogP contribution in [0.5, 0.6) is 5.75 Å². The molecule has 1 N–H and O–H groups in total. The van der Waals surface area contributed by atoms with Crippen LogP contribution >= 0.6 is 0 Å². The van der Waals surface area contributed by atoms with Gasteiger partial charge in [-0.1, -0.05) is 6.07 Å². The van der Waals surface area contributed by atoms with Gasteiger partial charge in [0.1, 0.15) is 11.5 Å². The number of nitrogens with one attached hydrogen (secondary N) is 1. The lowest BCUT2D eigenvalue weighted by molar-refractivity contribution is 0.0945. The van der Waals surface area contributed by atoms with Gasteiger partial charge < -0.3 is 19.7 Å². The zero-order chi connectivity index (χ0) is 24.8. The fraction of sp³-hybridized carbons (Fsp3) is 0.360. The molecule has 0 spiro atoms. The number of hydrogen-bond acceptors (Lipinski definition) is 7. The second kappa shape index (κ2) is 11.0. The van der Waals surface area contributed by atoms with Gasteiger partial charge in [-0.3, -0.25) is 9.48 Å². The highest BCUT2D eigenvalue weighted by atomic mass is 19.1. The van der Waals surface area contributed by atoms with Gasteiger partial charge in [0.15, 0.2) is 11.6 Å². The summed E-state index contributed by atoms with van der Waals surface area (Å²) < 4.78 is 26.5. The minimum atomic E-state index is -0.676. The lowest BCUT2D eigenvalue weighted by Crippen LogP contribution is -2.24. The lowest BCUT2D eigenvalue weighted by atomic mass is 10.1. The van der Waals surface area contributed by atoms with Gasteiger partial charge in [-0.25, -0.2) is 9.37 Å². The van der Waals surface area contributed by atoms with Gasteiger partial charge in [-0.2, -0.15) is 10.4 Å². The normalized spacial score (nSPS) is 13.0. The Bertz CT molecular complexity index is 1230. The van der Waals surface area contributed by atoms with Crippen molar-refractivity contribution in [2.75, 3.05) is 32.2 Å². The number of nitrogens with zero attached hydrogens (tertiary/aromatic N) is 5. The molecule has 0 unspecified atom stereocenters. The van der Waals surface area contributed by atoms with E-state index >= 15 is 0 Å². The van der Waals surface area contributed by atoms with Gasteiger partial charge in [-0.15, -0.1) is 0 Å². The summed E-state index contributed by atoms with van der Waals surface area (Å²) in [5, 5.41) is 16.5. The Labute approximate surface area is 203 Å². The number of nitriles is 1. The van der Waals surface area contributed by atoms with E-state index in [0.29, 0.717) is 17.8 Å². The van der Waals surface area contributed by atoms with Crippen LogP contribution in [0.25, 0.3) is 0 Å². The number of carbonyl (C=O) groups is 1. The SMILES string of the molecule is COCc1nn(Cc2ccc(N3CCCC3)nc2)cc1C(=O)NCc1c(C#N)ccc(OC)c1F. The molecule has 1 aromatic carbocycles. The number of methoxy groups -OCH3 is 2. The number of halogens is 1. The van der Waals surface area contributed by atoms with Crippen LogP contribution in [0.2, 0.25) is 0 Å². The molecule has 3 heterocycles. The number of benzene rings is 1. The van der Waals surface area contributed by atoms with E-state index in [-0.39, 0.29) is 30.0 Å². The van der Waals surface area contributed by atoms with Crippen molar-refractivity contribution >= 4 is 11.7 Å². The molecule has 9 nitrogen and oxygen atoms in total. The summed E-state index contributed by atoms with van der Waals surface area (Å²) in [7, 11) is 2.86. The van der Waals surface area contributed by atoms with E-state index in [2.05, 4.69) is 20.3 Å². The molecule has 10 heteroatoms. The summed E-state index contributed by atoms with van der Waals surface area (Å²) in [6.07, 6.45) is 5.82. The van der Waals surface area contributed by atoms with Gasteiger partial charge in [0, 0.05) is 44.7 Å². The Morgan fingerprint density at radius 1 is 1.23 bits per heavy atom. The Morgan fingerprint density at radius 3 is 2.69 bits per heavy atom. The smallest absolute Gasteiger partial charge is 0.255 e. The van der Waals surface area contributed by atoms with E-state index in [9.17, 15) is 14.4 Å². The van der Waals surface area contributed by atoms with Crippen molar-refractivity contribution in [1.82, 2.24) is 20.1 Å². The maximum absolute atomic E-state index is 14.7. The highest BCUT2D eigenvalue weighted by Gasteiger charge is 2.20. The van der Waals surface area contributed by atoms with Gasteiger partial charge in [0.2, 0.25) is 0 Å². The minimum absolute atomic E-state index is 0.00509. The first-order valence-corrected chi connectivity index (χ1v) is 11.3. The molecule has 35 heavy (non-hydrogen) atoms. The highest BCUT2D eigenvalue weighted by Crippen LogP contribution is 2.24. The van der Waals surface area contributed by atoms with Crippen LogP contribution < -0.4 is 15.0 Å². The minimum Gasteiger partial charge on any atom is -0.494 e. The molecule has 0 bridgehead atoms. The summed E-state index contributed by atoms with van der Waals surface area (Å²) in [6, 6.07) is 8.79. The van der Waals surface area contributed by atoms with Crippen LogP contribution in [0.4, 0.5) is 10.2 Å². The molecule has 1 saturated heterocycles. The van der Waals surface area contributed by atoms with Crippen molar-refractivity contribution in [3.8, 4) is 11.8 Å². The van der Waals surface area contributed by atoms with Crippen LogP contribution in [0.3, 0.4) is 0 Å². The summed E-state index contributed by atoms with van der Waals surface area (Å²) in [4.78, 5) is 19.8. The number of hydrogen-bond donors (Lipinski definition) is 1. The predicted octanol–water partition coefficient (Wildman–Crippen LogP) is 3.02. The van der Waals surface area contributed by atoms with Crippen LogP contribution in [0.1, 0.15) is 45.6 Å². The zero-order valence-electron chi connectivity index (χ0n) is 19.8. The number of aromatic nitrogens is 3. The van der Waals surface area contributed by atoms with Crippen molar-refractivity contribution in [1.29, 1.82) is 5.26 Å². The first-order chi connectivity index (χ1) is 17.0. The van der Waals surface area contributed by atoms with Crippen molar-refractivity contribution in [3.05, 3.63) is 70.4 Å². The quantitative estimate of drug-likeness (QED) is 0.504. The van der Waals surface area contributed by atoms with Gasteiger partial charge in [0.05, 0.1) is 37.5 Å². The molecule has 1 fully saturated rings. The van der Waals surface area contributed by atoms with Gasteiger partial charge >= 0.3 is 0 Å². The number of amides is 1. The van der Waals surface area contributed by atoms with Crippen LogP contribution in [-0.4, -0.2) is 48.0 Å². The predicted molar refractivity (Wildman–Crippen MR) is 127 cm³/mol. The maximum atomic E-state index is 14.7. The second-order valence-electron chi connectivity index (χ2n) is 8.24. The number of pyridine rings is 1. The standard InChI is InChI=1S/C25H27FN6O3/c1-34-16-21-20(25(33)29-13-19-18(11-27)6-7-22(35-2)24(19)26)15-32(30-21)14-17-5-8-23(28-12-17)31-9-3-4-10-31/h5-8,12,15H,3-4,9-10,13-14,16H2,1-2H3,(H,29,33). The van der Waals surface area contributed by atoms with E-state index in [1.807, 2.05) is 24.4 Å². The molecule has 1 aliphatic heterocycles. The third-order valence-electron chi connectivity index (χ3n) is 5.92. The van der Waals surface area contributed by atoms with Crippen LogP contribution in [0, 0.1) is 17.1 Å². The van der Waals surface area contributed by atoms with Gasteiger partial charge in [-0.05, 0) is 36.6 Å². The summed E-state index contributed by atoms with van der Waals surface area (Å²) in [5.41, 5.74) is 1.91. The first-order valence-electron chi connectivity index (χ1n) is 11.3. The fourth-order valence-corrected chi connectivity index (χ4v) is 4.10. The van der Waals surface area contributed by atoms with E-state index < -0.39 is 11.7 Å². The molecular weight excluding hydrogens is 451 g/mol. The summed E-state index contributed by atoms with van der Waals surface area (Å²) in [6.45, 7) is 2.45. The van der Waals surface area contributed by atoms with E-state index in [1.54, 1.807) is 10.9 Å². The second-order valence-corrected chi connectivity index (χ2v) is 8.24. The molecule has 0 radical (unpaired) electrons. The van der Waals surface area contributed by atoms with Crippen molar-refractivity contribution in [3.63, 3.8) is 0 Å². The third kappa shape index (κ3) is 5.41. The number of anilines is 1. The van der Waals surface area contributed by atoms with E-state index in [1.165, 1.54) is 39.2 Å². The lowest BCUT2D eigenvalue weighted by Gasteiger charge is -2.16. The molecular formula is C25H27FN6O3. The van der Waals surface area contributed by atoms with Crippen molar-refractivity contribution in [2.24, 2.45) is 0 Å². The van der Waals surface area contributed by atoms with Crippen LogP contribution in [-0.2, 0) is 24.4 Å². The summed E-state index contributed by atoms with van der Waals surface area (Å²) >= 11 is 0. The molecule has 0 aliphatic carbocycles. The molecule has 182 valence electrons. The monoisotopic (exact) mass is 478 g/mol. The average Bonchev–Trinajstić information content (AvgIpc) is 3.54. The van der Waals surface area contributed by atoms with Crippen molar-refractivity contribution in [2.45, 2.75) is 32.5 Å². The number of ether oxygens (including phenoxy) is 2. The van der Waals surface area contributed by atoms with Crippen molar-refractivity contribution < 1.29 is 18.7 Å². The first kappa shape index (κ1) is 24.2. The molecule has 2 aromatic heterocycles. The van der Waals surface area contributed by atoms with E-state index in [0.717, 1.165) is 24.5 Å². The molecule has 0 saturated carbocycles. The highest BCUT2D eigenvalue weighted by molar-refractivity contribution is 5.95. The Hall–Kier alpha value is -3.97. The fourth-order valence-electron chi connectivity index (χ4n) is 4.10. The topological polar surface area (TPSA) is 105 Å². The maximum Gasteiger partial charge on any atom is 0.255 e. The Balaban J connectivity index is 1.48. The zero-order valence-corrected chi connectivity index (χ0v) is 19.8. The number of rotatable bonds is 9. The van der Waals surface area contributed by atoms with Crippen LogP contribution in [0.15, 0.2) is 36.7 Å². The number of carbonyl (C=O) groups excluding carboxylic acids is 1. The Kier molecular flexibility index (Phi) is 7.57. The molecule has 1 amide bonds. The third-order valence-corrected chi connectivity index (χ3v) is 5.92. The molecule has 1 aliphatic rings.